The summed E-state index contributed by atoms with van der Waals surface area (Å²) in [5.41, 5.74) is 0. The molecule has 0 bridgehead atoms. The zero-order valence-electron chi connectivity index (χ0n) is 6.14. The molecule has 0 fully saturated rings. The van der Waals surface area contributed by atoms with E-state index in [1.54, 1.807) is 6.08 Å². The molecule has 0 aliphatic rings. The maximum absolute atomic E-state index is 11.7. The highest BCUT2D eigenvalue weighted by Gasteiger charge is 2.03. The standard InChI is InChI=1S/C7H12FNO/c1-3-5-9(6-4-8)7(2)10/h3H,1,4-6H2,2H3. The first-order chi connectivity index (χ1) is 4.72. The fourth-order valence-corrected chi connectivity index (χ4v) is 0.635. The number of amides is 1. The molecule has 0 saturated heterocycles. The molecule has 0 heterocycles. The molecule has 0 atom stereocenters. The van der Waals surface area contributed by atoms with Gasteiger partial charge in [-0.1, -0.05) is 6.08 Å². The Morgan fingerprint density at radius 3 is 2.70 bits per heavy atom. The summed E-state index contributed by atoms with van der Waals surface area (Å²) in [6.07, 6.45) is 1.58. The molecule has 0 spiro atoms. The summed E-state index contributed by atoms with van der Waals surface area (Å²) in [5.74, 6) is -0.113. The molecular weight excluding hydrogens is 133 g/mol. The van der Waals surface area contributed by atoms with Gasteiger partial charge in [-0.3, -0.25) is 4.79 Å². The van der Waals surface area contributed by atoms with Crippen molar-refractivity contribution in [3.63, 3.8) is 0 Å². The van der Waals surface area contributed by atoms with Crippen molar-refractivity contribution < 1.29 is 9.18 Å². The molecule has 0 saturated carbocycles. The Bertz CT molecular complexity index is 125. The minimum Gasteiger partial charge on any atom is -0.337 e. The maximum atomic E-state index is 11.7. The summed E-state index contributed by atoms with van der Waals surface area (Å²) >= 11 is 0. The second-order valence-corrected chi connectivity index (χ2v) is 1.94. The van der Waals surface area contributed by atoms with Gasteiger partial charge in [-0.25, -0.2) is 4.39 Å². The molecule has 58 valence electrons. The Kier molecular flexibility index (Phi) is 4.54. The molecule has 0 aromatic rings. The van der Waals surface area contributed by atoms with Gasteiger partial charge in [0.2, 0.25) is 5.91 Å². The van der Waals surface area contributed by atoms with E-state index in [1.165, 1.54) is 11.8 Å². The monoisotopic (exact) mass is 145 g/mol. The van der Waals surface area contributed by atoms with Crippen LogP contribution in [-0.2, 0) is 4.79 Å². The third-order valence-corrected chi connectivity index (χ3v) is 1.15. The fourth-order valence-electron chi connectivity index (χ4n) is 0.635. The lowest BCUT2D eigenvalue weighted by Crippen LogP contribution is -2.30. The van der Waals surface area contributed by atoms with Gasteiger partial charge < -0.3 is 4.90 Å². The smallest absolute Gasteiger partial charge is 0.219 e. The second-order valence-electron chi connectivity index (χ2n) is 1.94. The van der Waals surface area contributed by atoms with Crippen LogP contribution in [0.4, 0.5) is 4.39 Å². The van der Waals surface area contributed by atoms with Crippen LogP contribution in [0.2, 0.25) is 0 Å². The van der Waals surface area contributed by atoms with Crippen molar-refractivity contribution in [2.75, 3.05) is 19.8 Å². The summed E-state index contributed by atoms with van der Waals surface area (Å²) in [6, 6.07) is 0. The van der Waals surface area contributed by atoms with Crippen LogP contribution in [0.1, 0.15) is 6.92 Å². The molecule has 1 amide bonds. The zero-order chi connectivity index (χ0) is 7.98. The highest BCUT2D eigenvalue weighted by molar-refractivity contribution is 5.73. The topological polar surface area (TPSA) is 20.3 Å². The molecule has 0 radical (unpaired) electrons. The summed E-state index contributed by atoms with van der Waals surface area (Å²) in [6.45, 7) is 4.97. The third kappa shape index (κ3) is 3.22. The van der Waals surface area contributed by atoms with Crippen molar-refractivity contribution in [3.8, 4) is 0 Å². The van der Waals surface area contributed by atoms with Crippen LogP contribution in [0.15, 0.2) is 12.7 Å². The normalized spacial score (nSPS) is 9.00. The third-order valence-electron chi connectivity index (χ3n) is 1.15. The average molecular weight is 145 g/mol. The van der Waals surface area contributed by atoms with Gasteiger partial charge in [-0.2, -0.15) is 0 Å². The van der Waals surface area contributed by atoms with Gasteiger partial charge >= 0.3 is 0 Å². The largest absolute Gasteiger partial charge is 0.337 e. The van der Waals surface area contributed by atoms with E-state index >= 15 is 0 Å². The molecule has 0 N–H and O–H groups in total. The highest BCUT2D eigenvalue weighted by Crippen LogP contribution is 1.89. The second kappa shape index (κ2) is 4.97. The molecule has 0 unspecified atom stereocenters. The molecule has 0 aromatic heterocycles. The quantitative estimate of drug-likeness (QED) is 0.540. The van der Waals surface area contributed by atoms with Gasteiger partial charge in [0.05, 0.1) is 0 Å². The SMILES string of the molecule is C=CCN(CCF)C(C)=O. The molecule has 0 aliphatic heterocycles. The van der Waals surface area contributed by atoms with Crippen LogP contribution in [0, 0.1) is 0 Å². The number of alkyl halides is 1. The average Bonchev–Trinajstić information content (AvgIpc) is 1.87. The predicted octanol–water partition coefficient (Wildman–Crippen LogP) is 0.990. The van der Waals surface area contributed by atoms with E-state index in [9.17, 15) is 9.18 Å². The summed E-state index contributed by atoms with van der Waals surface area (Å²) in [4.78, 5) is 12.0. The molecule has 3 heteroatoms. The lowest BCUT2D eigenvalue weighted by Gasteiger charge is -2.16. The van der Waals surface area contributed by atoms with Crippen LogP contribution in [-0.4, -0.2) is 30.6 Å². The molecule has 10 heavy (non-hydrogen) atoms. The van der Waals surface area contributed by atoms with E-state index in [-0.39, 0.29) is 12.5 Å². The number of hydrogen-bond donors (Lipinski definition) is 0. The Balaban J connectivity index is 3.71. The Labute approximate surface area is 60.3 Å². The minimum absolute atomic E-state index is 0.113. The van der Waals surface area contributed by atoms with Gasteiger partial charge in [0.15, 0.2) is 0 Å². The molecule has 2 nitrogen and oxygen atoms in total. The van der Waals surface area contributed by atoms with E-state index in [1.807, 2.05) is 0 Å². The first-order valence-electron chi connectivity index (χ1n) is 3.14. The summed E-state index contributed by atoms with van der Waals surface area (Å²) in [5, 5.41) is 0. The van der Waals surface area contributed by atoms with Crippen LogP contribution in [0.25, 0.3) is 0 Å². The van der Waals surface area contributed by atoms with Crippen LogP contribution in [0.5, 0.6) is 0 Å². The van der Waals surface area contributed by atoms with Crippen molar-refractivity contribution in [2.24, 2.45) is 0 Å². The number of carbonyl (C=O) groups excluding carboxylic acids is 1. The molecular formula is C7H12FNO. The molecule has 0 aliphatic carbocycles. The van der Waals surface area contributed by atoms with Crippen molar-refractivity contribution in [2.45, 2.75) is 6.92 Å². The summed E-state index contributed by atoms with van der Waals surface area (Å²) in [7, 11) is 0. The van der Waals surface area contributed by atoms with Crippen molar-refractivity contribution in [1.29, 1.82) is 0 Å². The lowest BCUT2D eigenvalue weighted by molar-refractivity contribution is -0.128. The lowest BCUT2D eigenvalue weighted by atomic mass is 10.4. The fraction of sp³-hybridized carbons (Fsp3) is 0.571. The number of rotatable bonds is 4. The zero-order valence-corrected chi connectivity index (χ0v) is 6.14. The first kappa shape index (κ1) is 9.14. The Morgan fingerprint density at radius 1 is 1.80 bits per heavy atom. The maximum Gasteiger partial charge on any atom is 0.219 e. The number of hydrogen-bond acceptors (Lipinski definition) is 1. The van der Waals surface area contributed by atoms with Gasteiger partial charge in [-0.05, 0) is 0 Å². The van der Waals surface area contributed by atoms with Gasteiger partial charge in [-0.15, -0.1) is 6.58 Å². The van der Waals surface area contributed by atoms with Crippen LogP contribution >= 0.6 is 0 Å². The van der Waals surface area contributed by atoms with Crippen molar-refractivity contribution in [1.82, 2.24) is 4.90 Å². The predicted molar refractivity (Wildman–Crippen MR) is 38.4 cm³/mol. The van der Waals surface area contributed by atoms with E-state index in [0.29, 0.717) is 6.54 Å². The van der Waals surface area contributed by atoms with Crippen molar-refractivity contribution >= 4 is 5.91 Å². The van der Waals surface area contributed by atoms with Crippen LogP contribution in [0.3, 0.4) is 0 Å². The number of halogens is 1. The first-order valence-corrected chi connectivity index (χ1v) is 3.14. The van der Waals surface area contributed by atoms with E-state index in [4.69, 9.17) is 0 Å². The molecule has 0 rings (SSSR count). The number of carbonyl (C=O) groups is 1. The Morgan fingerprint density at radius 2 is 2.40 bits per heavy atom. The highest BCUT2D eigenvalue weighted by atomic mass is 19.1. The van der Waals surface area contributed by atoms with E-state index < -0.39 is 6.67 Å². The van der Waals surface area contributed by atoms with Crippen molar-refractivity contribution in [3.05, 3.63) is 12.7 Å². The minimum atomic E-state index is -0.493. The van der Waals surface area contributed by atoms with E-state index in [0.717, 1.165) is 0 Å². The van der Waals surface area contributed by atoms with E-state index in [2.05, 4.69) is 6.58 Å². The molecule has 0 aromatic carbocycles. The van der Waals surface area contributed by atoms with Gasteiger partial charge in [0, 0.05) is 20.0 Å². The van der Waals surface area contributed by atoms with Crippen LogP contribution < -0.4 is 0 Å². The van der Waals surface area contributed by atoms with Gasteiger partial charge in [0.25, 0.3) is 0 Å². The number of nitrogens with zero attached hydrogens (tertiary/aromatic N) is 1. The summed E-state index contributed by atoms with van der Waals surface area (Å²) < 4.78 is 11.7. The van der Waals surface area contributed by atoms with Gasteiger partial charge in [0.1, 0.15) is 6.67 Å². The Hall–Kier alpha value is -0.860.